The molecule has 1 atom stereocenters. The van der Waals surface area contributed by atoms with Crippen molar-refractivity contribution in [3.63, 3.8) is 0 Å². The van der Waals surface area contributed by atoms with Gasteiger partial charge in [-0.2, -0.15) is 13.2 Å². The molecule has 3 rings (SSSR count). The standard InChI is InChI=1S/C19H24F3N3O2.ClH/c1-23-11-13-4-2-6-24(12-13)18(27)14-8-15(19(20,21)22)10-16(9-14)25-7-3-5-17(25)26;/h8-10,13,23H,2-7,11-12H2,1H3;1H. The Morgan fingerprint density at radius 1 is 1.21 bits per heavy atom. The number of rotatable bonds is 4. The largest absolute Gasteiger partial charge is 0.416 e. The van der Waals surface area contributed by atoms with Gasteiger partial charge in [0.15, 0.2) is 0 Å². The van der Waals surface area contributed by atoms with Gasteiger partial charge in [-0.15, -0.1) is 12.4 Å². The van der Waals surface area contributed by atoms with E-state index in [0.717, 1.165) is 31.5 Å². The van der Waals surface area contributed by atoms with Crippen molar-refractivity contribution >= 4 is 29.9 Å². The Morgan fingerprint density at radius 3 is 2.57 bits per heavy atom. The lowest BCUT2D eigenvalue weighted by molar-refractivity contribution is -0.137. The van der Waals surface area contributed by atoms with Gasteiger partial charge in [0.25, 0.3) is 5.91 Å². The summed E-state index contributed by atoms with van der Waals surface area (Å²) in [4.78, 5) is 27.8. The average molecular weight is 420 g/mol. The molecule has 0 bridgehead atoms. The van der Waals surface area contributed by atoms with Gasteiger partial charge in [-0.1, -0.05) is 0 Å². The van der Waals surface area contributed by atoms with Gasteiger partial charge in [0.2, 0.25) is 5.91 Å². The lowest BCUT2D eigenvalue weighted by atomic mass is 9.97. The number of hydrogen-bond acceptors (Lipinski definition) is 3. The van der Waals surface area contributed by atoms with E-state index in [0.29, 0.717) is 32.5 Å². The van der Waals surface area contributed by atoms with E-state index in [-0.39, 0.29) is 35.5 Å². The molecule has 156 valence electrons. The second-order valence-electron chi connectivity index (χ2n) is 7.23. The summed E-state index contributed by atoms with van der Waals surface area (Å²) >= 11 is 0. The van der Waals surface area contributed by atoms with Crippen LogP contribution in [0.2, 0.25) is 0 Å². The van der Waals surface area contributed by atoms with Crippen molar-refractivity contribution in [2.24, 2.45) is 5.92 Å². The molecule has 0 saturated carbocycles. The molecule has 9 heteroatoms. The first-order chi connectivity index (χ1) is 12.8. The number of piperidine rings is 1. The van der Waals surface area contributed by atoms with E-state index in [1.165, 1.54) is 11.0 Å². The van der Waals surface area contributed by atoms with Crippen LogP contribution in [0.5, 0.6) is 0 Å². The summed E-state index contributed by atoms with van der Waals surface area (Å²) in [5, 5.41) is 3.09. The topological polar surface area (TPSA) is 52.7 Å². The summed E-state index contributed by atoms with van der Waals surface area (Å²) in [6.07, 6.45) is -1.84. The van der Waals surface area contributed by atoms with Crippen molar-refractivity contribution in [2.45, 2.75) is 31.9 Å². The molecule has 2 aliphatic rings. The summed E-state index contributed by atoms with van der Waals surface area (Å²) in [5.74, 6) is -0.326. The van der Waals surface area contributed by atoms with E-state index < -0.39 is 17.6 Å². The highest BCUT2D eigenvalue weighted by Crippen LogP contribution is 2.34. The first-order valence-electron chi connectivity index (χ1n) is 9.26. The Bertz CT molecular complexity index is 725. The van der Waals surface area contributed by atoms with Crippen LogP contribution in [-0.2, 0) is 11.0 Å². The van der Waals surface area contributed by atoms with Gasteiger partial charge in [-0.25, -0.2) is 0 Å². The van der Waals surface area contributed by atoms with Crippen LogP contribution in [0.25, 0.3) is 0 Å². The molecule has 2 aliphatic heterocycles. The van der Waals surface area contributed by atoms with Crippen molar-refractivity contribution in [3.05, 3.63) is 29.3 Å². The molecule has 2 amide bonds. The number of nitrogens with zero attached hydrogens (tertiary/aromatic N) is 2. The molecule has 2 fully saturated rings. The van der Waals surface area contributed by atoms with Crippen LogP contribution < -0.4 is 10.2 Å². The Kier molecular flexibility index (Phi) is 7.33. The number of anilines is 1. The number of carbonyl (C=O) groups excluding carboxylic acids is 2. The molecule has 0 spiro atoms. The lowest BCUT2D eigenvalue weighted by Crippen LogP contribution is -2.42. The van der Waals surface area contributed by atoms with Crippen molar-refractivity contribution in [1.29, 1.82) is 0 Å². The number of benzene rings is 1. The fourth-order valence-corrected chi connectivity index (χ4v) is 3.86. The molecule has 1 N–H and O–H groups in total. The minimum Gasteiger partial charge on any atom is -0.338 e. The van der Waals surface area contributed by atoms with Gasteiger partial charge in [0.1, 0.15) is 0 Å². The summed E-state index contributed by atoms with van der Waals surface area (Å²) in [6.45, 7) is 2.20. The van der Waals surface area contributed by atoms with Crippen molar-refractivity contribution in [2.75, 3.05) is 38.1 Å². The number of alkyl halides is 3. The molecular formula is C19H25ClF3N3O2. The Hall–Kier alpha value is -1.80. The summed E-state index contributed by atoms with van der Waals surface area (Å²) < 4.78 is 40.1. The van der Waals surface area contributed by atoms with Gasteiger partial charge in [-0.3, -0.25) is 9.59 Å². The molecular weight excluding hydrogens is 395 g/mol. The smallest absolute Gasteiger partial charge is 0.338 e. The van der Waals surface area contributed by atoms with Gasteiger partial charge in [0.05, 0.1) is 5.56 Å². The highest BCUT2D eigenvalue weighted by atomic mass is 35.5. The highest BCUT2D eigenvalue weighted by molar-refractivity contribution is 5.99. The molecule has 2 heterocycles. The summed E-state index contributed by atoms with van der Waals surface area (Å²) in [5.41, 5.74) is -0.754. The normalized spacial score (nSPS) is 20.3. The van der Waals surface area contributed by atoms with E-state index in [1.807, 2.05) is 7.05 Å². The third kappa shape index (κ3) is 4.97. The second kappa shape index (κ2) is 9.13. The number of amides is 2. The Balaban J connectivity index is 0.00000280. The molecule has 5 nitrogen and oxygen atoms in total. The Morgan fingerprint density at radius 2 is 1.96 bits per heavy atom. The van der Waals surface area contributed by atoms with E-state index in [4.69, 9.17) is 0 Å². The van der Waals surface area contributed by atoms with Crippen LogP contribution in [0.4, 0.5) is 18.9 Å². The van der Waals surface area contributed by atoms with Crippen molar-refractivity contribution in [3.8, 4) is 0 Å². The van der Waals surface area contributed by atoms with Gasteiger partial charge >= 0.3 is 6.18 Å². The molecule has 0 aliphatic carbocycles. The van der Waals surface area contributed by atoms with Crippen LogP contribution in [0.1, 0.15) is 41.6 Å². The summed E-state index contributed by atoms with van der Waals surface area (Å²) in [7, 11) is 1.84. The fraction of sp³-hybridized carbons (Fsp3) is 0.579. The second-order valence-corrected chi connectivity index (χ2v) is 7.23. The summed E-state index contributed by atoms with van der Waals surface area (Å²) in [6, 6.07) is 3.27. The number of likely N-dealkylation sites (tertiary alicyclic amines) is 1. The maximum Gasteiger partial charge on any atom is 0.416 e. The third-order valence-corrected chi connectivity index (χ3v) is 5.18. The maximum absolute atomic E-state index is 13.4. The molecule has 1 aromatic carbocycles. The molecule has 1 aromatic rings. The lowest BCUT2D eigenvalue weighted by Gasteiger charge is -2.33. The molecule has 0 radical (unpaired) electrons. The number of hydrogen-bond donors (Lipinski definition) is 1. The predicted octanol–water partition coefficient (Wildman–Crippen LogP) is 3.33. The number of nitrogens with one attached hydrogen (secondary N) is 1. The van der Waals surface area contributed by atoms with Crippen LogP contribution in [-0.4, -0.2) is 49.9 Å². The van der Waals surface area contributed by atoms with Crippen LogP contribution >= 0.6 is 12.4 Å². The van der Waals surface area contributed by atoms with Gasteiger partial charge < -0.3 is 15.1 Å². The zero-order valence-corrected chi connectivity index (χ0v) is 16.5. The molecule has 28 heavy (non-hydrogen) atoms. The first-order valence-corrected chi connectivity index (χ1v) is 9.26. The molecule has 0 aromatic heterocycles. The zero-order chi connectivity index (χ0) is 19.6. The number of carbonyl (C=O) groups is 2. The van der Waals surface area contributed by atoms with E-state index in [1.54, 1.807) is 4.90 Å². The van der Waals surface area contributed by atoms with Crippen LogP contribution in [0.3, 0.4) is 0 Å². The van der Waals surface area contributed by atoms with Gasteiger partial charge in [0, 0.05) is 37.3 Å². The van der Waals surface area contributed by atoms with Crippen LogP contribution in [0, 0.1) is 5.92 Å². The van der Waals surface area contributed by atoms with Gasteiger partial charge in [-0.05, 0) is 57.0 Å². The van der Waals surface area contributed by atoms with Crippen molar-refractivity contribution in [1.82, 2.24) is 10.2 Å². The zero-order valence-electron chi connectivity index (χ0n) is 15.7. The quantitative estimate of drug-likeness (QED) is 0.814. The molecule has 2 saturated heterocycles. The average Bonchev–Trinajstić information content (AvgIpc) is 3.06. The highest BCUT2D eigenvalue weighted by Gasteiger charge is 2.34. The number of halogens is 4. The predicted molar refractivity (Wildman–Crippen MR) is 103 cm³/mol. The maximum atomic E-state index is 13.4. The molecule has 1 unspecified atom stereocenters. The van der Waals surface area contributed by atoms with Crippen LogP contribution in [0.15, 0.2) is 18.2 Å². The van der Waals surface area contributed by atoms with E-state index in [2.05, 4.69) is 5.32 Å². The SMILES string of the molecule is CNCC1CCCN(C(=O)c2cc(N3CCCC3=O)cc(C(F)(F)F)c2)C1.Cl. The third-order valence-electron chi connectivity index (χ3n) is 5.18. The Labute approximate surface area is 168 Å². The fourth-order valence-electron chi connectivity index (χ4n) is 3.86. The van der Waals surface area contributed by atoms with E-state index in [9.17, 15) is 22.8 Å². The first kappa shape index (κ1) is 22.5. The minimum atomic E-state index is -4.58. The van der Waals surface area contributed by atoms with Crippen molar-refractivity contribution < 1.29 is 22.8 Å². The minimum absolute atomic E-state index is 0. The van der Waals surface area contributed by atoms with E-state index >= 15 is 0 Å². The monoisotopic (exact) mass is 419 g/mol.